The van der Waals surface area contributed by atoms with Crippen molar-refractivity contribution < 1.29 is 14.6 Å². The van der Waals surface area contributed by atoms with Crippen molar-refractivity contribution in [3.8, 4) is 5.75 Å². The Balaban J connectivity index is 2.79. The predicted molar refractivity (Wildman–Crippen MR) is 56.5 cm³/mol. The molecule has 1 aromatic carbocycles. The minimum atomic E-state index is -0.506. The molecule has 1 atom stereocenters. The summed E-state index contributed by atoms with van der Waals surface area (Å²) in [4.78, 5) is 10.5. The van der Waals surface area contributed by atoms with Crippen molar-refractivity contribution in [3.63, 3.8) is 0 Å². The van der Waals surface area contributed by atoms with Crippen LogP contribution < -0.4 is 10.5 Å². The minimum Gasteiger partial charge on any atom is -0.484 e. The lowest BCUT2D eigenvalue weighted by Crippen LogP contribution is -2.20. The van der Waals surface area contributed by atoms with Gasteiger partial charge >= 0.3 is 0 Å². The van der Waals surface area contributed by atoms with E-state index < -0.39 is 12.0 Å². The maximum absolute atomic E-state index is 10.5. The lowest BCUT2D eigenvalue weighted by Gasteiger charge is -2.10. The fourth-order valence-electron chi connectivity index (χ4n) is 1.24. The zero-order valence-corrected chi connectivity index (χ0v) is 8.86. The Labute approximate surface area is 88.7 Å². The summed E-state index contributed by atoms with van der Waals surface area (Å²) >= 11 is 0. The largest absolute Gasteiger partial charge is 0.484 e. The zero-order chi connectivity index (χ0) is 11.4. The van der Waals surface area contributed by atoms with Crippen LogP contribution >= 0.6 is 0 Å². The summed E-state index contributed by atoms with van der Waals surface area (Å²) in [6.07, 6.45) is -0.506. The molecule has 1 amide bonds. The summed E-state index contributed by atoms with van der Waals surface area (Å²) in [6.45, 7) is 3.41. The molecule has 82 valence electrons. The molecule has 0 fully saturated rings. The number of aryl methyl sites for hydroxylation is 1. The molecule has 0 radical (unpaired) electrons. The number of carbonyl (C=O) groups is 1. The fourth-order valence-corrected chi connectivity index (χ4v) is 1.24. The van der Waals surface area contributed by atoms with Crippen molar-refractivity contribution >= 4 is 5.91 Å². The first-order chi connectivity index (χ1) is 7.00. The number of carbonyl (C=O) groups excluding carboxylic acids is 1. The van der Waals surface area contributed by atoms with Gasteiger partial charge in [-0.1, -0.05) is 6.07 Å². The van der Waals surface area contributed by atoms with E-state index in [0.717, 1.165) is 11.1 Å². The molecule has 1 unspecified atom stereocenters. The third kappa shape index (κ3) is 3.25. The van der Waals surface area contributed by atoms with Gasteiger partial charge in [0.25, 0.3) is 5.91 Å². The van der Waals surface area contributed by atoms with Gasteiger partial charge in [-0.15, -0.1) is 0 Å². The molecule has 1 rings (SSSR count). The molecular weight excluding hydrogens is 194 g/mol. The Morgan fingerprint density at radius 3 is 2.73 bits per heavy atom. The highest BCUT2D eigenvalue weighted by Gasteiger charge is 2.05. The van der Waals surface area contributed by atoms with Crippen molar-refractivity contribution in [1.82, 2.24) is 0 Å². The molecule has 15 heavy (non-hydrogen) atoms. The van der Waals surface area contributed by atoms with Crippen LogP contribution in [-0.2, 0) is 4.79 Å². The van der Waals surface area contributed by atoms with Gasteiger partial charge < -0.3 is 15.6 Å². The first-order valence-electron chi connectivity index (χ1n) is 4.70. The van der Waals surface area contributed by atoms with E-state index >= 15 is 0 Å². The van der Waals surface area contributed by atoms with Gasteiger partial charge in [0.15, 0.2) is 6.61 Å². The Hall–Kier alpha value is -1.55. The van der Waals surface area contributed by atoms with Crippen LogP contribution in [0.5, 0.6) is 5.75 Å². The number of hydrogen-bond acceptors (Lipinski definition) is 3. The number of aliphatic hydroxyl groups excluding tert-OH is 1. The van der Waals surface area contributed by atoms with E-state index in [-0.39, 0.29) is 6.61 Å². The van der Waals surface area contributed by atoms with Crippen LogP contribution in [-0.4, -0.2) is 17.6 Å². The lowest BCUT2D eigenvalue weighted by atomic mass is 10.1. The highest BCUT2D eigenvalue weighted by atomic mass is 16.5. The Bertz CT molecular complexity index is 361. The van der Waals surface area contributed by atoms with Crippen LogP contribution in [0.4, 0.5) is 0 Å². The van der Waals surface area contributed by atoms with Crippen LogP contribution in [0.25, 0.3) is 0 Å². The maximum atomic E-state index is 10.5. The summed E-state index contributed by atoms with van der Waals surface area (Å²) < 4.78 is 5.18. The van der Waals surface area contributed by atoms with Crippen LogP contribution in [0.2, 0.25) is 0 Å². The lowest BCUT2D eigenvalue weighted by molar-refractivity contribution is -0.119. The van der Waals surface area contributed by atoms with Gasteiger partial charge in [-0.2, -0.15) is 0 Å². The topological polar surface area (TPSA) is 72.6 Å². The van der Waals surface area contributed by atoms with Crippen molar-refractivity contribution in [2.24, 2.45) is 5.73 Å². The molecule has 1 aromatic rings. The number of benzene rings is 1. The van der Waals surface area contributed by atoms with E-state index in [1.165, 1.54) is 0 Å². The average Bonchev–Trinajstić information content (AvgIpc) is 2.15. The number of rotatable bonds is 4. The maximum Gasteiger partial charge on any atom is 0.255 e. The molecular formula is C11H15NO3. The van der Waals surface area contributed by atoms with E-state index in [1.54, 1.807) is 19.1 Å². The molecule has 4 nitrogen and oxygen atoms in total. The molecule has 0 heterocycles. The van der Waals surface area contributed by atoms with Gasteiger partial charge in [-0.05, 0) is 37.1 Å². The van der Waals surface area contributed by atoms with Crippen LogP contribution in [0.1, 0.15) is 24.2 Å². The molecule has 0 aromatic heterocycles. The molecule has 0 saturated heterocycles. The van der Waals surface area contributed by atoms with Gasteiger partial charge in [0, 0.05) is 0 Å². The molecule has 4 heteroatoms. The van der Waals surface area contributed by atoms with Gasteiger partial charge in [0.05, 0.1) is 6.10 Å². The number of nitrogens with two attached hydrogens (primary N) is 1. The summed E-state index contributed by atoms with van der Waals surface area (Å²) in [6, 6.07) is 5.30. The van der Waals surface area contributed by atoms with E-state index in [9.17, 15) is 9.90 Å². The third-order valence-electron chi connectivity index (χ3n) is 2.05. The molecule has 3 N–H and O–H groups in total. The van der Waals surface area contributed by atoms with Crippen molar-refractivity contribution in [1.29, 1.82) is 0 Å². The van der Waals surface area contributed by atoms with Crippen LogP contribution in [0.3, 0.4) is 0 Å². The number of amides is 1. The molecule has 0 aliphatic carbocycles. The van der Waals surface area contributed by atoms with E-state index in [1.807, 2.05) is 13.0 Å². The van der Waals surface area contributed by atoms with Gasteiger partial charge in [0.2, 0.25) is 0 Å². The fraction of sp³-hybridized carbons (Fsp3) is 0.364. The van der Waals surface area contributed by atoms with E-state index in [0.29, 0.717) is 5.75 Å². The summed E-state index contributed by atoms with van der Waals surface area (Å²) in [7, 11) is 0. The van der Waals surface area contributed by atoms with Crippen molar-refractivity contribution in [2.45, 2.75) is 20.0 Å². The van der Waals surface area contributed by atoms with Gasteiger partial charge in [-0.3, -0.25) is 4.79 Å². The summed E-state index contributed by atoms with van der Waals surface area (Å²) in [5, 5.41) is 9.34. The Morgan fingerprint density at radius 2 is 2.27 bits per heavy atom. The summed E-state index contributed by atoms with van der Waals surface area (Å²) in [5.74, 6) is 0.104. The molecule has 0 bridgehead atoms. The van der Waals surface area contributed by atoms with Crippen molar-refractivity contribution in [3.05, 3.63) is 29.3 Å². The van der Waals surface area contributed by atoms with Crippen LogP contribution in [0.15, 0.2) is 18.2 Å². The second-order valence-corrected chi connectivity index (χ2v) is 3.46. The standard InChI is InChI=1S/C11H15NO3/c1-7-5-9(8(2)13)3-4-10(7)15-6-11(12)14/h3-5,8,13H,6H2,1-2H3,(H2,12,14). The zero-order valence-electron chi connectivity index (χ0n) is 8.86. The minimum absolute atomic E-state index is 0.130. The quantitative estimate of drug-likeness (QED) is 0.774. The second-order valence-electron chi connectivity index (χ2n) is 3.46. The highest BCUT2D eigenvalue weighted by Crippen LogP contribution is 2.22. The van der Waals surface area contributed by atoms with Gasteiger partial charge in [0.1, 0.15) is 5.75 Å². The second kappa shape index (κ2) is 4.79. The number of primary amides is 1. The molecule has 0 aliphatic heterocycles. The highest BCUT2D eigenvalue weighted by molar-refractivity contribution is 5.75. The third-order valence-corrected chi connectivity index (χ3v) is 2.05. The Kier molecular flexibility index (Phi) is 3.68. The SMILES string of the molecule is Cc1cc(C(C)O)ccc1OCC(N)=O. The number of hydrogen-bond donors (Lipinski definition) is 2. The average molecular weight is 209 g/mol. The Morgan fingerprint density at radius 1 is 1.60 bits per heavy atom. The molecule has 0 spiro atoms. The smallest absolute Gasteiger partial charge is 0.255 e. The molecule has 0 saturated carbocycles. The summed E-state index contributed by atoms with van der Waals surface area (Å²) in [5.41, 5.74) is 6.65. The number of ether oxygens (including phenoxy) is 1. The molecule has 0 aliphatic rings. The monoisotopic (exact) mass is 209 g/mol. The first-order valence-corrected chi connectivity index (χ1v) is 4.70. The van der Waals surface area contributed by atoms with Gasteiger partial charge in [-0.25, -0.2) is 0 Å². The van der Waals surface area contributed by atoms with E-state index in [4.69, 9.17) is 10.5 Å². The first kappa shape index (κ1) is 11.5. The van der Waals surface area contributed by atoms with E-state index in [2.05, 4.69) is 0 Å². The van der Waals surface area contributed by atoms with Crippen LogP contribution in [0, 0.1) is 6.92 Å². The number of aliphatic hydroxyl groups is 1. The van der Waals surface area contributed by atoms with Crippen molar-refractivity contribution in [2.75, 3.05) is 6.61 Å². The predicted octanol–water partition coefficient (Wildman–Crippen LogP) is 0.912. The normalized spacial score (nSPS) is 12.2.